The Kier molecular flexibility index (Phi) is 17.1. The normalized spacial score (nSPS) is 11.0. The summed E-state index contributed by atoms with van der Waals surface area (Å²) in [6.07, 6.45) is 3.09. The van der Waals surface area contributed by atoms with E-state index in [1.54, 1.807) is 91.9 Å². The van der Waals surface area contributed by atoms with Crippen LogP contribution in [0.3, 0.4) is 0 Å². The number of halogens is 1. The van der Waals surface area contributed by atoms with Gasteiger partial charge in [0.15, 0.2) is 0 Å². The SMILES string of the molecule is CCCCc1ccc(S(=O)(=O)Nc2ccc(OCCOc3ccccc3C(=O)O)cc2)cc1.Cc1ccc(F)cc1S(=O)(=O)Nc1ccc(OCCOc2ccccc2C(=O)O)cc1. The lowest BCUT2D eigenvalue weighted by Gasteiger charge is -2.12. The van der Waals surface area contributed by atoms with Gasteiger partial charge in [-0.2, -0.15) is 0 Å². The number of ether oxygens (including phenoxy) is 4. The third-order valence-corrected chi connectivity index (χ3v) is 12.1. The molecule has 0 aliphatic carbocycles. The highest BCUT2D eigenvalue weighted by atomic mass is 32.2. The maximum atomic E-state index is 13.4. The highest BCUT2D eigenvalue weighted by molar-refractivity contribution is 7.93. The molecule has 336 valence electrons. The van der Waals surface area contributed by atoms with Crippen LogP contribution in [0.2, 0.25) is 0 Å². The van der Waals surface area contributed by atoms with Crippen molar-refractivity contribution in [1.29, 1.82) is 0 Å². The Hall–Kier alpha value is -7.11. The average molecular weight is 915 g/mol. The number of carboxylic acid groups (broad SMARTS) is 2. The van der Waals surface area contributed by atoms with Crippen molar-refractivity contribution in [3.63, 3.8) is 0 Å². The Labute approximate surface area is 371 Å². The number of hydrogen-bond donors (Lipinski definition) is 4. The molecule has 0 amide bonds. The minimum Gasteiger partial charge on any atom is -0.490 e. The molecular weight excluding hydrogens is 868 g/mol. The van der Waals surface area contributed by atoms with Crippen LogP contribution in [0.4, 0.5) is 15.8 Å². The molecule has 0 aliphatic heterocycles. The van der Waals surface area contributed by atoms with Gasteiger partial charge >= 0.3 is 11.9 Å². The van der Waals surface area contributed by atoms with Crippen LogP contribution in [0.15, 0.2) is 149 Å². The molecule has 0 heterocycles. The van der Waals surface area contributed by atoms with Crippen LogP contribution >= 0.6 is 0 Å². The van der Waals surface area contributed by atoms with E-state index in [0.717, 1.165) is 30.9 Å². The number of benzene rings is 6. The van der Waals surface area contributed by atoms with Crippen molar-refractivity contribution in [1.82, 2.24) is 0 Å². The van der Waals surface area contributed by atoms with Gasteiger partial charge in [-0.1, -0.05) is 55.8 Å². The molecule has 0 saturated heterocycles. The van der Waals surface area contributed by atoms with Crippen molar-refractivity contribution < 1.29 is 60.0 Å². The molecular formula is C47H47FN2O12S2. The van der Waals surface area contributed by atoms with Gasteiger partial charge in [-0.15, -0.1) is 0 Å². The van der Waals surface area contributed by atoms with Gasteiger partial charge in [-0.3, -0.25) is 9.44 Å². The summed E-state index contributed by atoms with van der Waals surface area (Å²) in [6.45, 7) is 4.34. The van der Waals surface area contributed by atoms with Crippen molar-refractivity contribution in [2.45, 2.75) is 42.9 Å². The maximum Gasteiger partial charge on any atom is 0.339 e. The Morgan fingerprint density at radius 3 is 1.50 bits per heavy atom. The lowest BCUT2D eigenvalue weighted by atomic mass is 10.1. The number of aryl methyl sites for hydroxylation is 2. The zero-order valence-electron chi connectivity index (χ0n) is 34.9. The predicted molar refractivity (Wildman–Crippen MR) is 239 cm³/mol. The zero-order chi connectivity index (χ0) is 46.1. The summed E-state index contributed by atoms with van der Waals surface area (Å²) in [5, 5.41) is 18.3. The first kappa shape index (κ1) is 47.9. The van der Waals surface area contributed by atoms with E-state index in [-0.39, 0.29) is 58.8 Å². The fourth-order valence-corrected chi connectivity index (χ4v) is 8.28. The van der Waals surface area contributed by atoms with Crippen molar-refractivity contribution in [2.75, 3.05) is 35.9 Å². The number of nitrogens with one attached hydrogen (secondary N) is 2. The Morgan fingerprint density at radius 2 is 1.03 bits per heavy atom. The maximum absolute atomic E-state index is 13.4. The van der Waals surface area contributed by atoms with Crippen molar-refractivity contribution in [3.8, 4) is 23.0 Å². The second-order valence-electron chi connectivity index (χ2n) is 13.9. The zero-order valence-corrected chi connectivity index (χ0v) is 36.5. The van der Waals surface area contributed by atoms with Crippen LogP contribution in [-0.4, -0.2) is 65.4 Å². The van der Waals surface area contributed by atoms with E-state index in [2.05, 4.69) is 16.4 Å². The number of hydrogen-bond acceptors (Lipinski definition) is 10. The predicted octanol–water partition coefficient (Wildman–Crippen LogP) is 9.08. The van der Waals surface area contributed by atoms with Crippen LogP contribution < -0.4 is 28.4 Å². The molecule has 0 saturated carbocycles. The van der Waals surface area contributed by atoms with Crippen molar-refractivity contribution >= 4 is 43.4 Å². The van der Waals surface area contributed by atoms with Gasteiger partial charge in [-0.25, -0.2) is 30.8 Å². The van der Waals surface area contributed by atoms with E-state index < -0.39 is 37.8 Å². The van der Waals surface area contributed by atoms with E-state index in [4.69, 9.17) is 29.2 Å². The molecule has 0 spiro atoms. The molecule has 0 bridgehead atoms. The van der Waals surface area contributed by atoms with Crippen molar-refractivity contribution in [3.05, 3.63) is 168 Å². The summed E-state index contributed by atoms with van der Waals surface area (Å²) in [6, 6.07) is 35.9. The van der Waals surface area contributed by atoms with Crippen LogP contribution in [0.25, 0.3) is 0 Å². The second kappa shape index (κ2) is 22.8. The van der Waals surface area contributed by atoms with Gasteiger partial charge in [0.2, 0.25) is 0 Å². The largest absolute Gasteiger partial charge is 0.490 e. The molecule has 4 N–H and O–H groups in total. The first-order valence-corrected chi connectivity index (χ1v) is 22.9. The monoisotopic (exact) mass is 914 g/mol. The molecule has 0 atom stereocenters. The lowest BCUT2D eigenvalue weighted by Crippen LogP contribution is -2.14. The van der Waals surface area contributed by atoms with Gasteiger partial charge in [0, 0.05) is 11.4 Å². The van der Waals surface area contributed by atoms with E-state index in [1.807, 2.05) is 12.1 Å². The van der Waals surface area contributed by atoms with Gasteiger partial charge in [-0.05, 0) is 128 Å². The van der Waals surface area contributed by atoms with E-state index in [1.165, 1.54) is 36.4 Å². The average Bonchev–Trinajstić information content (AvgIpc) is 3.28. The van der Waals surface area contributed by atoms with Crippen molar-refractivity contribution in [2.24, 2.45) is 0 Å². The number of aromatic carboxylic acids is 2. The van der Waals surface area contributed by atoms with E-state index in [0.29, 0.717) is 28.4 Å². The minimum atomic E-state index is -3.94. The summed E-state index contributed by atoms with van der Waals surface area (Å²) in [5.41, 5.74) is 2.41. The minimum absolute atomic E-state index is 0.0627. The van der Waals surface area contributed by atoms with Crippen LogP contribution in [0.5, 0.6) is 23.0 Å². The molecule has 6 rings (SSSR count). The lowest BCUT2D eigenvalue weighted by molar-refractivity contribution is 0.0680. The highest BCUT2D eigenvalue weighted by Gasteiger charge is 2.19. The summed E-state index contributed by atoms with van der Waals surface area (Å²) in [7, 11) is -7.63. The third kappa shape index (κ3) is 14.2. The number of carbonyl (C=O) groups is 2. The number of carboxylic acids is 2. The smallest absolute Gasteiger partial charge is 0.339 e. The number of rotatable bonds is 21. The first-order valence-electron chi connectivity index (χ1n) is 19.9. The van der Waals surface area contributed by atoms with Gasteiger partial charge in [0.25, 0.3) is 20.0 Å². The van der Waals surface area contributed by atoms with E-state index in [9.17, 15) is 30.8 Å². The summed E-state index contributed by atoms with van der Waals surface area (Å²) in [4.78, 5) is 22.4. The molecule has 0 radical (unpaired) electrons. The number of unbranched alkanes of at least 4 members (excludes halogenated alkanes) is 1. The molecule has 17 heteroatoms. The van der Waals surface area contributed by atoms with Crippen LogP contribution in [-0.2, 0) is 26.5 Å². The molecule has 0 fully saturated rings. The molecule has 0 aliphatic rings. The first-order chi connectivity index (χ1) is 30.6. The molecule has 0 aromatic heterocycles. The summed E-state index contributed by atoms with van der Waals surface area (Å²) < 4.78 is 90.8. The Bertz CT molecular complexity index is 2720. The van der Waals surface area contributed by atoms with Crippen LogP contribution in [0.1, 0.15) is 51.6 Å². The number of sulfonamides is 2. The third-order valence-electron chi connectivity index (χ3n) is 9.16. The topological polar surface area (TPSA) is 204 Å². The summed E-state index contributed by atoms with van der Waals surface area (Å²) >= 11 is 0. The fraction of sp³-hybridized carbons (Fsp3) is 0.191. The van der Waals surface area contributed by atoms with Gasteiger partial charge < -0.3 is 29.2 Å². The molecule has 0 unspecified atom stereocenters. The van der Waals surface area contributed by atoms with Crippen LogP contribution in [0, 0.1) is 12.7 Å². The molecule has 64 heavy (non-hydrogen) atoms. The number of para-hydroxylation sites is 2. The molecule has 6 aromatic rings. The Balaban J connectivity index is 0.000000241. The molecule has 6 aromatic carbocycles. The second-order valence-corrected chi connectivity index (χ2v) is 17.2. The quantitative estimate of drug-likeness (QED) is 0.0500. The standard InChI is InChI=1S/C25H27NO6S.C22H20FNO6S/c1-2-3-6-19-9-15-22(16-10-19)33(29,30)26-20-11-13-21(14-12-20)31-17-18-32-24-8-5-4-7-23(24)25(27)28;1-15-6-7-16(23)14-21(15)31(27,28)24-17-8-10-18(11-9-17)29-12-13-30-20-5-3-2-4-19(20)22(25)26/h4-5,7-16,26H,2-3,6,17-18H2,1H3,(H,27,28);2-11,14,24H,12-13H2,1H3,(H,25,26). The van der Waals surface area contributed by atoms with Gasteiger partial charge in [0.05, 0.1) is 9.79 Å². The molecule has 14 nitrogen and oxygen atoms in total. The number of anilines is 2. The van der Waals surface area contributed by atoms with Gasteiger partial charge in [0.1, 0.15) is 66.4 Å². The fourth-order valence-electron chi connectivity index (χ4n) is 5.90. The highest BCUT2D eigenvalue weighted by Crippen LogP contribution is 2.24. The Morgan fingerprint density at radius 1 is 0.578 bits per heavy atom. The van der Waals surface area contributed by atoms with E-state index >= 15 is 0 Å². The summed E-state index contributed by atoms with van der Waals surface area (Å²) in [5.74, 6) is -1.25.